The topological polar surface area (TPSA) is 48.1 Å². The third kappa shape index (κ3) is 2.94. The second-order valence-electron chi connectivity index (χ2n) is 7.93. The van der Waals surface area contributed by atoms with Crippen LogP contribution in [0.1, 0.15) is 46.1 Å². The summed E-state index contributed by atoms with van der Waals surface area (Å²) >= 11 is 0. The predicted octanol–water partition coefficient (Wildman–Crippen LogP) is 3.97. The molecule has 2 N–H and O–H groups in total. The minimum absolute atomic E-state index is 0.0427. The van der Waals surface area contributed by atoms with Crippen LogP contribution in [0, 0.1) is 6.92 Å². The van der Waals surface area contributed by atoms with E-state index < -0.39 is 0 Å². The van der Waals surface area contributed by atoms with Gasteiger partial charge >= 0.3 is 0 Å². The van der Waals surface area contributed by atoms with Crippen molar-refractivity contribution in [2.24, 2.45) is 0 Å². The number of carbonyl (C=O) groups excluding carboxylic acids is 1. The van der Waals surface area contributed by atoms with Crippen molar-refractivity contribution in [2.75, 3.05) is 13.1 Å². The minimum Gasteiger partial charge on any atom is -0.357 e. The highest BCUT2D eigenvalue weighted by Crippen LogP contribution is 2.39. The van der Waals surface area contributed by atoms with E-state index in [1.807, 2.05) is 31.2 Å². The van der Waals surface area contributed by atoms with Crippen LogP contribution in [0.15, 0.2) is 48.5 Å². The van der Waals surface area contributed by atoms with Gasteiger partial charge in [-0.1, -0.05) is 35.9 Å². The third-order valence-electron chi connectivity index (χ3n) is 6.19. The molecule has 138 valence electrons. The Kier molecular flexibility index (Phi) is 4.01. The van der Waals surface area contributed by atoms with Crippen molar-refractivity contribution in [2.45, 2.75) is 38.3 Å². The molecule has 4 heteroatoms. The highest BCUT2D eigenvalue weighted by Gasteiger charge is 2.35. The first-order valence-electron chi connectivity index (χ1n) is 9.90. The standard InChI is InChI=1S/C23H25N3O/c1-15-6-8-16(9-7-15)23(27)24-17-10-12-26-13-11-19-18-4-2-3-5-20(18)25-22(19)21(26)14-17/h2-9,17,21,25H,10-14H2,1H3,(H,24,27)/t17-,21+/m1/s1. The maximum atomic E-state index is 12.6. The van der Waals surface area contributed by atoms with Gasteiger partial charge in [-0.25, -0.2) is 0 Å². The number of piperidine rings is 1. The van der Waals surface area contributed by atoms with Crippen LogP contribution in [0.2, 0.25) is 0 Å². The van der Waals surface area contributed by atoms with Crippen LogP contribution in [-0.4, -0.2) is 34.9 Å². The van der Waals surface area contributed by atoms with E-state index in [4.69, 9.17) is 0 Å². The molecule has 3 heterocycles. The molecule has 0 saturated carbocycles. The molecule has 0 aliphatic carbocycles. The quantitative estimate of drug-likeness (QED) is 0.727. The predicted molar refractivity (Wildman–Crippen MR) is 108 cm³/mol. The van der Waals surface area contributed by atoms with Gasteiger partial charge in [0.15, 0.2) is 0 Å². The van der Waals surface area contributed by atoms with E-state index in [2.05, 4.69) is 39.5 Å². The van der Waals surface area contributed by atoms with Gasteiger partial charge in [-0.05, 0) is 49.9 Å². The molecule has 0 spiro atoms. The van der Waals surface area contributed by atoms with Gasteiger partial charge in [0.2, 0.25) is 0 Å². The summed E-state index contributed by atoms with van der Waals surface area (Å²) in [4.78, 5) is 18.9. The number of nitrogens with one attached hydrogen (secondary N) is 2. The van der Waals surface area contributed by atoms with Crippen LogP contribution in [0.25, 0.3) is 10.9 Å². The molecule has 2 aliphatic heterocycles. The normalized spacial score (nSPS) is 22.3. The number of para-hydroxylation sites is 1. The molecule has 3 aromatic rings. The Morgan fingerprint density at radius 3 is 2.78 bits per heavy atom. The number of nitrogens with zero attached hydrogens (tertiary/aromatic N) is 1. The van der Waals surface area contributed by atoms with Crippen molar-refractivity contribution >= 4 is 16.8 Å². The van der Waals surface area contributed by atoms with Gasteiger partial charge in [0.1, 0.15) is 0 Å². The third-order valence-corrected chi connectivity index (χ3v) is 6.19. The lowest BCUT2D eigenvalue weighted by Crippen LogP contribution is -2.48. The van der Waals surface area contributed by atoms with Crippen LogP contribution >= 0.6 is 0 Å². The molecule has 1 aromatic heterocycles. The zero-order valence-corrected chi connectivity index (χ0v) is 15.7. The lowest BCUT2D eigenvalue weighted by Gasteiger charge is -2.42. The summed E-state index contributed by atoms with van der Waals surface area (Å²) < 4.78 is 0. The number of hydrogen-bond donors (Lipinski definition) is 2. The van der Waals surface area contributed by atoms with Gasteiger partial charge in [0.25, 0.3) is 5.91 Å². The zero-order chi connectivity index (χ0) is 18.4. The first-order chi connectivity index (χ1) is 13.2. The van der Waals surface area contributed by atoms with Crippen molar-refractivity contribution in [1.29, 1.82) is 0 Å². The van der Waals surface area contributed by atoms with Gasteiger partial charge < -0.3 is 10.3 Å². The second-order valence-corrected chi connectivity index (χ2v) is 7.93. The van der Waals surface area contributed by atoms with Crippen molar-refractivity contribution in [3.8, 4) is 0 Å². The molecule has 0 radical (unpaired) electrons. The Hall–Kier alpha value is -2.59. The molecule has 2 aromatic carbocycles. The molecule has 4 nitrogen and oxygen atoms in total. The van der Waals surface area contributed by atoms with Gasteiger partial charge in [-0.15, -0.1) is 0 Å². The van der Waals surface area contributed by atoms with E-state index >= 15 is 0 Å². The number of carbonyl (C=O) groups is 1. The van der Waals surface area contributed by atoms with Crippen molar-refractivity contribution in [1.82, 2.24) is 15.2 Å². The Bertz CT molecular complexity index is 989. The lowest BCUT2D eigenvalue weighted by atomic mass is 9.88. The molecule has 2 atom stereocenters. The maximum Gasteiger partial charge on any atom is 0.251 e. The summed E-state index contributed by atoms with van der Waals surface area (Å²) in [5, 5.41) is 4.63. The zero-order valence-electron chi connectivity index (χ0n) is 15.7. The number of aromatic nitrogens is 1. The molecule has 27 heavy (non-hydrogen) atoms. The number of aryl methyl sites for hydroxylation is 1. The number of fused-ring (bicyclic) bond motifs is 5. The van der Waals surface area contributed by atoms with Crippen LogP contribution < -0.4 is 5.32 Å². The van der Waals surface area contributed by atoms with Crippen LogP contribution in [0.5, 0.6) is 0 Å². The Morgan fingerprint density at radius 1 is 1.11 bits per heavy atom. The largest absolute Gasteiger partial charge is 0.357 e. The van der Waals surface area contributed by atoms with Gasteiger partial charge in [-0.2, -0.15) is 0 Å². The highest BCUT2D eigenvalue weighted by atomic mass is 16.1. The number of hydrogen-bond acceptors (Lipinski definition) is 2. The summed E-state index contributed by atoms with van der Waals surface area (Å²) in [7, 11) is 0. The Balaban J connectivity index is 1.37. The molecule has 0 bridgehead atoms. The summed E-state index contributed by atoms with van der Waals surface area (Å²) in [5.41, 5.74) is 5.98. The molecule has 5 rings (SSSR count). The fourth-order valence-electron chi connectivity index (χ4n) is 4.72. The first-order valence-corrected chi connectivity index (χ1v) is 9.90. The van der Waals surface area contributed by atoms with E-state index in [1.165, 1.54) is 27.7 Å². The van der Waals surface area contributed by atoms with Crippen LogP contribution in [0.3, 0.4) is 0 Å². The monoisotopic (exact) mass is 359 g/mol. The molecule has 1 saturated heterocycles. The van der Waals surface area contributed by atoms with Crippen LogP contribution in [0.4, 0.5) is 0 Å². The second kappa shape index (κ2) is 6.54. The van der Waals surface area contributed by atoms with Gasteiger partial charge in [0, 0.05) is 41.3 Å². The van der Waals surface area contributed by atoms with E-state index in [9.17, 15) is 4.79 Å². The van der Waals surface area contributed by atoms with Crippen molar-refractivity contribution in [3.05, 3.63) is 70.9 Å². The fraction of sp³-hybridized carbons (Fsp3) is 0.348. The van der Waals surface area contributed by atoms with Crippen molar-refractivity contribution < 1.29 is 4.79 Å². The molecule has 1 amide bonds. The SMILES string of the molecule is Cc1ccc(C(=O)N[C@@H]2CCN3CCc4c([nH]c5ccccc45)[C@@H]3C2)cc1. The molecule has 2 aliphatic rings. The highest BCUT2D eigenvalue weighted by molar-refractivity contribution is 5.94. The van der Waals surface area contributed by atoms with E-state index in [-0.39, 0.29) is 11.9 Å². The smallest absolute Gasteiger partial charge is 0.251 e. The first kappa shape index (κ1) is 16.6. The van der Waals surface area contributed by atoms with E-state index in [0.717, 1.165) is 37.9 Å². The number of amides is 1. The number of rotatable bonds is 2. The molecule has 0 unspecified atom stereocenters. The number of H-pyrrole nitrogens is 1. The van der Waals surface area contributed by atoms with Crippen molar-refractivity contribution in [3.63, 3.8) is 0 Å². The van der Waals surface area contributed by atoms with Gasteiger partial charge in [0.05, 0.1) is 6.04 Å². The number of benzene rings is 2. The molecule has 1 fully saturated rings. The average molecular weight is 359 g/mol. The summed E-state index contributed by atoms with van der Waals surface area (Å²) in [6.45, 7) is 4.19. The fourth-order valence-corrected chi connectivity index (χ4v) is 4.72. The Morgan fingerprint density at radius 2 is 1.93 bits per heavy atom. The van der Waals surface area contributed by atoms with E-state index in [0.29, 0.717) is 6.04 Å². The summed E-state index contributed by atoms with van der Waals surface area (Å²) in [6, 6.07) is 17.0. The number of aromatic amines is 1. The molecular weight excluding hydrogens is 334 g/mol. The summed E-state index contributed by atoms with van der Waals surface area (Å²) in [6.07, 6.45) is 3.09. The minimum atomic E-state index is 0.0427. The van der Waals surface area contributed by atoms with Gasteiger partial charge in [-0.3, -0.25) is 9.69 Å². The molecular formula is C23H25N3O. The van der Waals surface area contributed by atoms with Crippen LogP contribution in [-0.2, 0) is 6.42 Å². The van der Waals surface area contributed by atoms with E-state index in [1.54, 1.807) is 0 Å². The Labute approximate surface area is 159 Å². The lowest BCUT2D eigenvalue weighted by molar-refractivity contribution is 0.0839. The average Bonchev–Trinajstić information content (AvgIpc) is 3.08. The summed E-state index contributed by atoms with van der Waals surface area (Å²) in [5.74, 6) is 0.0427. The maximum absolute atomic E-state index is 12.6.